The van der Waals surface area contributed by atoms with Gasteiger partial charge in [-0.15, -0.1) is 11.3 Å². The highest BCUT2D eigenvalue weighted by Crippen LogP contribution is 2.32. The van der Waals surface area contributed by atoms with Gasteiger partial charge in [-0.25, -0.2) is 13.4 Å². The van der Waals surface area contributed by atoms with E-state index in [4.69, 9.17) is 0 Å². The number of nitrogens with zero attached hydrogens (tertiary/aromatic N) is 4. The van der Waals surface area contributed by atoms with Crippen molar-refractivity contribution in [3.63, 3.8) is 0 Å². The summed E-state index contributed by atoms with van der Waals surface area (Å²) in [5.74, 6) is 0. The third kappa shape index (κ3) is 4.90. The van der Waals surface area contributed by atoms with Gasteiger partial charge in [-0.05, 0) is 42.8 Å². The van der Waals surface area contributed by atoms with Gasteiger partial charge in [0, 0.05) is 44.5 Å². The van der Waals surface area contributed by atoms with Gasteiger partial charge in [0.25, 0.3) is 5.69 Å². The number of thiazole rings is 1. The van der Waals surface area contributed by atoms with E-state index in [1.807, 2.05) is 37.3 Å². The highest BCUT2D eigenvalue weighted by molar-refractivity contribution is 7.89. The lowest BCUT2D eigenvalue weighted by Crippen LogP contribution is -2.48. The van der Waals surface area contributed by atoms with Gasteiger partial charge < -0.3 is 10.2 Å². The molecule has 36 heavy (non-hydrogen) atoms. The van der Waals surface area contributed by atoms with Gasteiger partial charge in [-0.3, -0.25) is 10.1 Å². The molecule has 0 saturated carbocycles. The molecule has 1 N–H and O–H groups in total. The van der Waals surface area contributed by atoms with Gasteiger partial charge in [0.2, 0.25) is 10.0 Å². The number of nitro groups is 1. The number of aryl methyl sites for hydroxylation is 1. The van der Waals surface area contributed by atoms with E-state index in [1.54, 1.807) is 30.3 Å². The Hall–Kier alpha value is -3.54. The lowest BCUT2D eigenvalue weighted by molar-refractivity contribution is -0.384. The van der Waals surface area contributed by atoms with E-state index < -0.39 is 14.9 Å². The summed E-state index contributed by atoms with van der Waals surface area (Å²) in [5.41, 5.74) is 3.07. The van der Waals surface area contributed by atoms with E-state index in [-0.39, 0.29) is 10.6 Å². The number of piperazine rings is 1. The third-order valence-electron chi connectivity index (χ3n) is 6.21. The van der Waals surface area contributed by atoms with E-state index in [1.165, 1.54) is 21.7 Å². The smallest absolute Gasteiger partial charge is 0.292 e. The van der Waals surface area contributed by atoms with Crippen molar-refractivity contribution in [2.45, 2.75) is 18.4 Å². The van der Waals surface area contributed by atoms with Crippen LogP contribution in [-0.4, -0.2) is 48.8 Å². The monoisotopic (exact) mass is 523 g/mol. The molecule has 1 fully saturated rings. The second kappa shape index (κ2) is 9.84. The molecular formula is C25H25N5O4S2. The maximum absolute atomic E-state index is 13.3. The summed E-state index contributed by atoms with van der Waals surface area (Å²) in [6.45, 7) is 3.98. The molecular weight excluding hydrogens is 498 g/mol. The Morgan fingerprint density at radius 1 is 1.03 bits per heavy atom. The molecule has 0 atom stereocenters. The first-order valence-corrected chi connectivity index (χ1v) is 13.8. The predicted molar refractivity (Wildman–Crippen MR) is 142 cm³/mol. The van der Waals surface area contributed by atoms with Crippen molar-refractivity contribution in [1.29, 1.82) is 0 Å². The lowest BCUT2D eigenvalue weighted by atomic mass is 10.2. The maximum atomic E-state index is 13.3. The van der Waals surface area contributed by atoms with Crippen LogP contribution in [0, 0.1) is 17.0 Å². The number of aromatic nitrogens is 1. The zero-order chi connectivity index (χ0) is 25.3. The average molecular weight is 524 g/mol. The molecule has 1 saturated heterocycles. The molecule has 0 unspecified atom stereocenters. The van der Waals surface area contributed by atoms with Crippen molar-refractivity contribution < 1.29 is 13.3 Å². The van der Waals surface area contributed by atoms with Crippen LogP contribution in [0.2, 0.25) is 0 Å². The molecule has 0 amide bonds. The second-order valence-electron chi connectivity index (χ2n) is 8.55. The minimum absolute atomic E-state index is 0.00425. The predicted octanol–water partition coefficient (Wildman–Crippen LogP) is 4.64. The summed E-state index contributed by atoms with van der Waals surface area (Å²) in [4.78, 5) is 17.9. The number of nitro benzene ring substituents is 1. The number of sulfonamides is 1. The van der Waals surface area contributed by atoms with E-state index in [0.29, 0.717) is 38.4 Å². The van der Waals surface area contributed by atoms with E-state index in [0.717, 1.165) is 26.5 Å². The van der Waals surface area contributed by atoms with Crippen LogP contribution < -0.4 is 10.2 Å². The Bertz CT molecular complexity index is 1510. The van der Waals surface area contributed by atoms with Gasteiger partial charge in [0.1, 0.15) is 5.69 Å². The van der Waals surface area contributed by atoms with E-state index in [2.05, 4.69) is 15.2 Å². The van der Waals surface area contributed by atoms with Gasteiger partial charge >= 0.3 is 0 Å². The molecule has 0 spiro atoms. The molecule has 1 aliphatic rings. The number of fused-ring (bicyclic) bond motifs is 1. The van der Waals surface area contributed by atoms with Crippen LogP contribution in [0.4, 0.5) is 17.1 Å². The van der Waals surface area contributed by atoms with Crippen molar-refractivity contribution in [3.8, 4) is 0 Å². The number of rotatable bonds is 7. The van der Waals surface area contributed by atoms with Crippen molar-refractivity contribution >= 4 is 48.6 Å². The number of anilines is 2. The first kappa shape index (κ1) is 24.2. The molecule has 4 aromatic rings. The molecule has 9 nitrogen and oxygen atoms in total. The number of hydrogen-bond donors (Lipinski definition) is 1. The number of nitrogens with one attached hydrogen (secondary N) is 1. The largest absolute Gasteiger partial charge is 0.375 e. The zero-order valence-electron chi connectivity index (χ0n) is 19.6. The topological polar surface area (TPSA) is 109 Å². The third-order valence-corrected chi connectivity index (χ3v) is 9.04. The van der Waals surface area contributed by atoms with Crippen LogP contribution in [-0.2, 0) is 16.6 Å². The van der Waals surface area contributed by atoms with Crippen LogP contribution in [0.15, 0.2) is 71.6 Å². The SMILES string of the molecule is Cc1nc2ccc(S(=O)(=O)N3CCN(c4ccc([N+](=O)[O-])c(NCc5ccccc5)c4)CC3)cc2s1. The zero-order valence-corrected chi connectivity index (χ0v) is 21.3. The Morgan fingerprint density at radius 2 is 1.78 bits per heavy atom. The highest BCUT2D eigenvalue weighted by atomic mass is 32.2. The van der Waals surface area contributed by atoms with Crippen molar-refractivity contribution in [3.05, 3.63) is 87.4 Å². The van der Waals surface area contributed by atoms with E-state index >= 15 is 0 Å². The summed E-state index contributed by atoms with van der Waals surface area (Å²) in [5, 5.41) is 15.6. The van der Waals surface area contributed by atoms with Crippen molar-refractivity contribution in [2.24, 2.45) is 0 Å². The summed E-state index contributed by atoms with van der Waals surface area (Å²) in [6.07, 6.45) is 0. The fourth-order valence-electron chi connectivity index (χ4n) is 4.33. The number of hydrogen-bond acceptors (Lipinski definition) is 8. The molecule has 0 bridgehead atoms. The minimum Gasteiger partial charge on any atom is -0.375 e. The fourth-order valence-corrected chi connectivity index (χ4v) is 6.72. The van der Waals surface area contributed by atoms with Gasteiger partial charge in [-0.2, -0.15) is 4.31 Å². The van der Waals surface area contributed by atoms with Crippen LogP contribution in [0.3, 0.4) is 0 Å². The summed E-state index contributed by atoms with van der Waals surface area (Å²) in [7, 11) is -3.63. The first-order valence-electron chi connectivity index (χ1n) is 11.5. The van der Waals surface area contributed by atoms with Gasteiger partial charge in [0.05, 0.1) is 25.0 Å². The van der Waals surface area contributed by atoms with Gasteiger partial charge in [0.15, 0.2) is 0 Å². The second-order valence-corrected chi connectivity index (χ2v) is 11.7. The Kier molecular flexibility index (Phi) is 6.61. The normalized spacial score (nSPS) is 14.8. The minimum atomic E-state index is -3.63. The maximum Gasteiger partial charge on any atom is 0.292 e. The molecule has 2 heterocycles. The molecule has 0 radical (unpaired) electrons. The fraction of sp³-hybridized carbons (Fsp3) is 0.240. The van der Waals surface area contributed by atoms with Crippen molar-refractivity contribution in [2.75, 3.05) is 36.4 Å². The molecule has 5 rings (SSSR count). The molecule has 186 valence electrons. The van der Waals surface area contributed by atoms with Crippen LogP contribution in [0.1, 0.15) is 10.6 Å². The molecule has 3 aromatic carbocycles. The quantitative estimate of drug-likeness (QED) is 0.278. The summed E-state index contributed by atoms with van der Waals surface area (Å²) in [6, 6.07) is 19.7. The first-order chi connectivity index (χ1) is 17.3. The molecule has 11 heteroatoms. The average Bonchev–Trinajstić information content (AvgIpc) is 3.27. The number of benzene rings is 3. The molecule has 1 aliphatic heterocycles. The van der Waals surface area contributed by atoms with Crippen molar-refractivity contribution in [1.82, 2.24) is 9.29 Å². The van der Waals surface area contributed by atoms with Gasteiger partial charge in [-0.1, -0.05) is 30.3 Å². The lowest BCUT2D eigenvalue weighted by Gasteiger charge is -2.35. The molecule has 0 aliphatic carbocycles. The van der Waals surface area contributed by atoms with Crippen LogP contribution in [0.5, 0.6) is 0 Å². The molecule has 1 aromatic heterocycles. The van der Waals surface area contributed by atoms with Crippen LogP contribution >= 0.6 is 11.3 Å². The summed E-state index contributed by atoms with van der Waals surface area (Å²) < 4.78 is 28.9. The Labute approximate surface area is 213 Å². The van der Waals surface area contributed by atoms with E-state index in [9.17, 15) is 18.5 Å². The van der Waals surface area contributed by atoms with Crippen LogP contribution in [0.25, 0.3) is 10.2 Å². The Balaban J connectivity index is 1.30. The summed E-state index contributed by atoms with van der Waals surface area (Å²) >= 11 is 1.48. The Morgan fingerprint density at radius 3 is 2.50 bits per heavy atom. The standard InChI is InChI=1S/C25H25N5O4S2/c1-18-27-22-9-8-21(16-25(22)35-18)36(33,34)29-13-11-28(12-14-29)20-7-10-24(30(31)32)23(15-20)26-17-19-5-3-2-4-6-19/h2-10,15-16,26H,11-14,17H2,1H3. The highest BCUT2D eigenvalue weighted by Gasteiger charge is 2.29.